The number of halogens is 1. The van der Waals surface area contributed by atoms with Gasteiger partial charge in [0.2, 0.25) is 5.78 Å². The van der Waals surface area contributed by atoms with Gasteiger partial charge in [-0.2, -0.15) is 0 Å². The number of Topliss-reactive ketones (excluding diaryl/α,β-unsaturated/α-hetero) is 1. The number of hydrogen-bond acceptors (Lipinski definition) is 2. The Labute approximate surface area is 134 Å². The lowest BCUT2D eigenvalue weighted by Crippen LogP contribution is -2.11. The summed E-state index contributed by atoms with van der Waals surface area (Å²) in [7, 11) is 0. The van der Waals surface area contributed by atoms with Crippen molar-refractivity contribution in [3.63, 3.8) is 0 Å². The summed E-state index contributed by atoms with van der Waals surface area (Å²) in [6.07, 6.45) is 1.89. The summed E-state index contributed by atoms with van der Waals surface area (Å²) in [5.41, 5.74) is 1.75. The molecule has 2 aromatic carbocycles. The fourth-order valence-corrected chi connectivity index (χ4v) is 2.70. The van der Waals surface area contributed by atoms with Crippen LogP contribution in [0.2, 0.25) is 5.02 Å². The molecule has 0 unspecified atom stereocenters. The van der Waals surface area contributed by atoms with E-state index in [4.69, 9.17) is 16.3 Å². The lowest BCUT2D eigenvalue weighted by Gasteiger charge is -2.06. The van der Waals surface area contributed by atoms with Crippen LogP contribution in [0.4, 0.5) is 0 Å². The van der Waals surface area contributed by atoms with Crippen LogP contribution in [0, 0.1) is 0 Å². The molecule has 112 valence electrons. The number of carbonyl (C=O) groups is 1. The maximum atomic E-state index is 12.5. The molecule has 3 rings (SSSR count). The van der Waals surface area contributed by atoms with Gasteiger partial charge in [-0.15, -0.1) is 0 Å². The third-order valence-corrected chi connectivity index (χ3v) is 3.94. The standard InChI is InChI=1S/C18H16ClNO2/c1-2-20-11-14(13-7-3-5-9-16(13)20)17(21)12-22-18-10-6-4-8-15(18)19/h3-11H,2,12H2,1H3. The minimum Gasteiger partial charge on any atom is -0.484 e. The van der Waals surface area contributed by atoms with E-state index < -0.39 is 0 Å². The van der Waals surface area contributed by atoms with E-state index in [2.05, 4.69) is 11.5 Å². The summed E-state index contributed by atoms with van der Waals surface area (Å²) in [4.78, 5) is 12.5. The van der Waals surface area contributed by atoms with E-state index in [1.165, 1.54) is 0 Å². The lowest BCUT2D eigenvalue weighted by molar-refractivity contribution is 0.0923. The number of rotatable bonds is 5. The normalized spacial score (nSPS) is 10.8. The summed E-state index contributed by atoms with van der Waals surface area (Å²) >= 11 is 6.03. The zero-order valence-corrected chi connectivity index (χ0v) is 13.0. The fourth-order valence-electron chi connectivity index (χ4n) is 2.51. The van der Waals surface area contributed by atoms with Gasteiger partial charge in [-0.05, 0) is 25.1 Å². The molecule has 22 heavy (non-hydrogen) atoms. The topological polar surface area (TPSA) is 31.2 Å². The Kier molecular flexibility index (Phi) is 4.16. The Bertz CT molecular complexity index is 823. The van der Waals surface area contributed by atoms with Gasteiger partial charge in [0.05, 0.1) is 5.02 Å². The summed E-state index contributed by atoms with van der Waals surface area (Å²) in [5, 5.41) is 1.46. The van der Waals surface area contributed by atoms with Gasteiger partial charge in [-0.1, -0.05) is 41.9 Å². The number of carbonyl (C=O) groups excluding carboxylic acids is 1. The molecule has 4 heteroatoms. The number of fused-ring (bicyclic) bond motifs is 1. The molecule has 0 amide bonds. The number of hydrogen-bond donors (Lipinski definition) is 0. The highest BCUT2D eigenvalue weighted by molar-refractivity contribution is 6.32. The van der Waals surface area contributed by atoms with Gasteiger partial charge in [0.1, 0.15) is 5.75 Å². The third-order valence-electron chi connectivity index (χ3n) is 3.63. The van der Waals surface area contributed by atoms with Gasteiger partial charge < -0.3 is 9.30 Å². The first-order valence-corrected chi connectivity index (χ1v) is 7.57. The second-order valence-corrected chi connectivity index (χ2v) is 5.40. The van der Waals surface area contributed by atoms with Gasteiger partial charge in [-0.3, -0.25) is 4.79 Å². The zero-order chi connectivity index (χ0) is 15.5. The van der Waals surface area contributed by atoms with Gasteiger partial charge >= 0.3 is 0 Å². The van der Waals surface area contributed by atoms with Crippen LogP contribution in [0.3, 0.4) is 0 Å². The van der Waals surface area contributed by atoms with Crippen molar-refractivity contribution in [1.29, 1.82) is 0 Å². The maximum Gasteiger partial charge on any atom is 0.202 e. The quantitative estimate of drug-likeness (QED) is 0.646. The molecule has 1 heterocycles. The van der Waals surface area contributed by atoms with Crippen LogP contribution >= 0.6 is 11.6 Å². The second kappa shape index (κ2) is 6.24. The molecule has 0 fully saturated rings. The molecule has 0 bridgehead atoms. The Balaban J connectivity index is 1.85. The number of aryl methyl sites for hydroxylation is 1. The molecule has 3 nitrogen and oxygen atoms in total. The number of ether oxygens (including phenoxy) is 1. The molecule has 0 saturated heterocycles. The second-order valence-electron chi connectivity index (χ2n) is 4.99. The predicted molar refractivity (Wildman–Crippen MR) is 88.9 cm³/mol. The van der Waals surface area contributed by atoms with Crippen molar-refractivity contribution in [2.24, 2.45) is 0 Å². The van der Waals surface area contributed by atoms with Crippen LogP contribution in [0.1, 0.15) is 17.3 Å². The fraction of sp³-hybridized carbons (Fsp3) is 0.167. The van der Waals surface area contributed by atoms with E-state index in [0.717, 1.165) is 17.4 Å². The highest BCUT2D eigenvalue weighted by Gasteiger charge is 2.15. The number of benzene rings is 2. The van der Waals surface area contributed by atoms with Crippen LogP contribution in [-0.4, -0.2) is 17.0 Å². The van der Waals surface area contributed by atoms with Crippen molar-refractivity contribution in [3.05, 3.63) is 65.3 Å². The number of para-hydroxylation sites is 2. The highest BCUT2D eigenvalue weighted by atomic mass is 35.5. The van der Waals surface area contributed by atoms with Crippen molar-refractivity contribution < 1.29 is 9.53 Å². The monoisotopic (exact) mass is 313 g/mol. The van der Waals surface area contributed by atoms with E-state index in [1.807, 2.05) is 42.6 Å². The molecule has 0 atom stereocenters. The van der Waals surface area contributed by atoms with Crippen molar-refractivity contribution >= 4 is 28.3 Å². The third kappa shape index (κ3) is 2.72. The van der Waals surface area contributed by atoms with Gasteiger partial charge in [-0.25, -0.2) is 0 Å². The minimum absolute atomic E-state index is 0.0263. The number of nitrogens with zero attached hydrogens (tertiary/aromatic N) is 1. The average Bonchev–Trinajstić information content (AvgIpc) is 2.93. The van der Waals surface area contributed by atoms with Gasteiger partial charge in [0, 0.05) is 29.2 Å². The van der Waals surface area contributed by atoms with Crippen LogP contribution in [0.25, 0.3) is 10.9 Å². The van der Waals surface area contributed by atoms with Gasteiger partial charge in [0.15, 0.2) is 6.61 Å². The Morgan fingerprint density at radius 3 is 2.64 bits per heavy atom. The molecule has 0 spiro atoms. The molecule has 1 aromatic heterocycles. The minimum atomic E-state index is -0.0525. The average molecular weight is 314 g/mol. The molecule has 0 aliphatic rings. The summed E-state index contributed by atoms with van der Waals surface area (Å²) in [6.45, 7) is 2.85. The summed E-state index contributed by atoms with van der Waals surface area (Å²) in [5.74, 6) is 0.472. The van der Waals surface area contributed by atoms with Crippen molar-refractivity contribution in [2.75, 3.05) is 6.61 Å². The predicted octanol–water partition coefficient (Wildman–Crippen LogP) is 4.58. The van der Waals surface area contributed by atoms with E-state index in [1.54, 1.807) is 12.1 Å². The summed E-state index contributed by atoms with van der Waals surface area (Å²) < 4.78 is 7.62. The molecule has 0 aliphatic heterocycles. The van der Waals surface area contributed by atoms with Crippen molar-refractivity contribution in [1.82, 2.24) is 4.57 Å². The zero-order valence-electron chi connectivity index (χ0n) is 12.3. The van der Waals surface area contributed by atoms with Crippen molar-refractivity contribution in [2.45, 2.75) is 13.5 Å². The maximum absolute atomic E-state index is 12.5. The first kappa shape index (κ1) is 14.7. The molecule has 0 radical (unpaired) electrons. The Hall–Kier alpha value is -2.26. The SMILES string of the molecule is CCn1cc(C(=O)COc2ccccc2Cl)c2ccccc21. The van der Waals surface area contributed by atoms with Crippen molar-refractivity contribution in [3.8, 4) is 5.75 Å². The number of aromatic nitrogens is 1. The molecule has 0 aliphatic carbocycles. The lowest BCUT2D eigenvalue weighted by atomic mass is 10.1. The Morgan fingerprint density at radius 2 is 1.86 bits per heavy atom. The molecular formula is C18H16ClNO2. The molecule has 0 N–H and O–H groups in total. The van der Waals surface area contributed by atoms with Gasteiger partial charge in [0.25, 0.3) is 0 Å². The Morgan fingerprint density at radius 1 is 1.14 bits per heavy atom. The molecular weight excluding hydrogens is 298 g/mol. The van der Waals surface area contributed by atoms with E-state index in [0.29, 0.717) is 16.3 Å². The smallest absolute Gasteiger partial charge is 0.202 e. The van der Waals surface area contributed by atoms with Crippen LogP contribution in [-0.2, 0) is 6.54 Å². The first-order valence-electron chi connectivity index (χ1n) is 7.19. The largest absolute Gasteiger partial charge is 0.484 e. The van der Waals surface area contributed by atoms with Crippen LogP contribution < -0.4 is 4.74 Å². The summed E-state index contributed by atoms with van der Waals surface area (Å²) in [6, 6.07) is 15.0. The van der Waals surface area contributed by atoms with Crippen LogP contribution in [0.5, 0.6) is 5.75 Å². The highest BCUT2D eigenvalue weighted by Crippen LogP contribution is 2.25. The van der Waals surface area contributed by atoms with Crippen LogP contribution in [0.15, 0.2) is 54.7 Å². The van der Waals surface area contributed by atoms with E-state index in [-0.39, 0.29) is 12.4 Å². The van der Waals surface area contributed by atoms with E-state index in [9.17, 15) is 4.79 Å². The van der Waals surface area contributed by atoms with E-state index >= 15 is 0 Å². The molecule has 3 aromatic rings. The molecule has 0 saturated carbocycles. The first-order chi connectivity index (χ1) is 10.7. The number of ketones is 1.